The van der Waals surface area contributed by atoms with Gasteiger partial charge < -0.3 is 10.1 Å². The highest BCUT2D eigenvalue weighted by molar-refractivity contribution is 5.27. The monoisotopic (exact) mass is 247 g/mol. The molecular formula is C16H25NO. The summed E-state index contributed by atoms with van der Waals surface area (Å²) in [4.78, 5) is 0. The summed E-state index contributed by atoms with van der Waals surface area (Å²) in [5.74, 6) is 1.80. The van der Waals surface area contributed by atoms with E-state index in [9.17, 15) is 0 Å². The Balaban J connectivity index is 1.72. The molecule has 0 atom stereocenters. The maximum atomic E-state index is 5.85. The Morgan fingerprint density at radius 2 is 1.89 bits per heavy atom. The number of ether oxygens (including phenoxy) is 1. The van der Waals surface area contributed by atoms with Crippen LogP contribution < -0.4 is 10.1 Å². The van der Waals surface area contributed by atoms with Crippen LogP contribution in [-0.2, 0) is 6.54 Å². The summed E-state index contributed by atoms with van der Waals surface area (Å²) < 4.78 is 5.85. The smallest absolute Gasteiger partial charge is 0.119 e. The van der Waals surface area contributed by atoms with Crippen molar-refractivity contribution < 1.29 is 4.74 Å². The van der Waals surface area contributed by atoms with E-state index in [-0.39, 0.29) is 0 Å². The summed E-state index contributed by atoms with van der Waals surface area (Å²) in [6.07, 6.45) is 6.65. The maximum Gasteiger partial charge on any atom is 0.119 e. The van der Waals surface area contributed by atoms with Crippen LogP contribution in [-0.4, -0.2) is 13.2 Å². The zero-order valence-corrected chi connectivity index (χ0v) is 11.5. The Morgan fingerprint density at radius 3 is 2.56 bits per heavy atom. The molecule has 1 saturated carbocycles. The van der Waals surface area contributed by atoms with Crippen molar-refractivity contribution in [1.82, 2.24) is 5.32 Å². The Hall–Kier alpha value is -1.02. The first-order valence-corrected chi connectivity index (χ1v) is 7.31. The molecule has 0 unspecified atom stereocenters. The van der Waals surface area contributed by atoms with Gasteiger partial charge in [-0.3, -0.25) is 0 Å². The molecule has 0 aromatic heterocycles. The molecule has 0 bridgehead atoms. The summed E-state index contributed by atoms with van der Waals surface area (Å²) in [7, 11) is 0. The van der Waals surface area contributed by atoms with Crippen molar-refractivity contribution in [2.45, 2.75) is 45.6 Å². The lowest BCUT2D eigenvalue weighted by Crippen LogP contribution is -2.13. The van der Waals surface area contributed by atoms with Gasteiger partial charge in [-0.25, -0.2) is 0 Å². The summed E-state index contributed by atoms with van der Waals surface area (Å²) in [5, 5.41) is 3.41. The summed E-state index contributed by atoms with van der Waals surface area (Å²) in [6.45, 7) is 5.12. The van der Waals surface area contributed by atoms with E-state index in [0.717, 1.165) is 31.4 Å². The molecule has 2 rings (SSSR count). The molecule has 0 heterocycles. The normalized spacial score (nSPS) is 16.1. The van der Waals surface area contributed by atoms with Gasteiger partial charge in [0, 0.05) is 6.54 Å². The van der Waals surface area contributed by atoms with Crippen molar-refractivity contribution >= 4 is 0 Å². The topological polar surface area (TPSA) is 21.3 Å². The van der Waals surface area contributed by atoms with E-state index in [4.69, 9.17) is 4.74 Å². The molecule has 100 valence electrons. The molecule has 0 spiro atoms. The molecule has 1 aliphatic rings. The van der Waals surface area contributed by atoms with Crippen LogP contribution in [0, 0.1) is 5.92 Å². The molecule has 1 aromatic rings. The van der Waals surface area contributed by atoms with E-state index >= 15 is 0 Å². The van der Waals surface area contributed by atoms with Gasteiger partial charge in [-0.15, -0.1) is 0 Å². The molecule has 1 aliphatic carbocycles. The first-order chi connectivity index (χ1) is 8.88. The van der Waals surface area contributed by atoms with E-state index < -0.39 is 0 Å². The van der Waals surface area contributed by atoms with Gasteiger partial charge in [0.15, 0.2) is 0 Å². The summed E-state index contributed by atoms with van der Waals surface area (Å²) in [6, 6.07) is 8.51. The molecule has 0 saturated heterocycles. The van der Waals surface area contributed by atoms with Gasteiger partial charge in [-0.1, -0.05) is 31.9 Å². The third kappa shape index (κ3) is 4.34. The average Bonchev–Trinajstić information content (AvgIpc) is 2.91. The standard InChI is InChI=1S/C16H25NO/c1-2-11-17-12-14-7-9-16(10-8-14)18-13-15-5-3-4-6-15/h7-10,15,17H,2-6,11-13H2,1H3. The molecule has 18 heavy (non-hydrogen) atoms. The molecule has 2 heteroatoms. The van der Waals surface area contributed by atoms with Gasteiger partial charge in [-0.05, 0) is 49.4 Å². The van der Waals surface area contributed by atoms with Crippen molar-refractivity contribution in [2.75, 3.05) is 13.2 Å². The Morgan fingerprint density at radius 1 is 1.17 bits per heavy atom. The molecule has 0 radical (unpaired) electrons. The van der Waals surface area contributed by atoms with Gasteiger partial charge in [0.25, 0.3) is 0 Å². The van der Waals surface area contributed by atoms with Crippen LogP contribution in [0.15, 0.2) is 24.3 Å². The molecule has 1 aromatic carbocycles. The predicted molar refractivity (Wildman–Crippen MR) is 75.9 cm³/mol. The van der Waals surface area contributed by atoms with Crippen LogP contribution in [0.25, 0.3) is 0 Å². The number of benzene rings is 1. The van der Waals surface area contributed by atoms with Gasteiger partial charge in [0.05, 0.1) is 6.61 Å². The quantitative estimate of drug-likeness (QED) is 0.741. The van der Waals surface area contributed by atoms with Crippen molar-refractivity contribution in [3.8, 4) is 5.75 Å². The van der Waals surface area contributed by atoms with Crippen molar-refractivity contribution in [3.63, 3.8) is 0 Å². The second kappa shape index (κ2) is 7.42. The zero-order chi connectivity index (χ0) is 12.6. The number of nitrogens with one attached hydrogen (secondary N) is 1. The third-order valence-electron chi connectivity index (χ3n) is 3.64. The largest absolute Gasteiger partial charge is 0.493 e. The first kappa shape index (κ1) is 13.4. The van der Waals surface area contributed by atoms with E-state index in [1.807, 2.05) is 0 Å². The fraction of sp³-hybridized carbons (Fsp3) is 0.625. The highest BCUT2D eigenvalue weighted by Gasteiger charge is 2.15. The van der Waals surface area contributed by atoms with E-state index in [2.05, 4.69) is 36.5 Å². The lowest BCUT2D eigenvalue weighted by atomic mass is 10.1. The highest BCUT2D eigenvalue weighted by atomic mass is 16.5. The minimum atomic E-state index is 0.788. The van der Waals surface area contributed by atoms with Crippen LogP contribution in [0.2, 0.25) is 0 Å². The van der Waals surface area contributed by atoms with E-state index in [0.29, 0.717) is 0 Å². The molecule has 1 fully saturated rings. The highest BCUT2D eigenvalue weighted by Crippen LogP contribution is 2.25. The fourth-order valence-corrected chi connectivity index (χ4v) is 2.50. The van der Waals surface area contributed by atoms with Gasteiger partial charge in [0.2, 0.25) is 0 Å². The van der Waals surface area contributed by atoms with Gasteiger partial charge in [0.1, 0.15) is 5.75 Å². The lowest BCUT2D eigenvalue weighted by Gasteiger charge is -2.11. The van der Waals surface area contributed by atoms with E-state index in [1.165, 1.54) is 37.7 Å². The van der Waals surface area contributed by atoms with Crippen LogP contribution >= 0.6 is 0 Å². The zero-order valence-electron chi connectivity index (χ0n) is 11.5. The molecular weight excluding hydrogens is 222 g/mol. The van der Waals surface area contributed by atoms with Crippen molar-refractivity contribution in [2.24, 2.45) is 5.92 Å². The molecule has 0 amide bonds. The Kier molecular flexibility index (Phi) is 5.53. The third-order valence-corrected chi connectivity index (χ3v) is 3.64. The molecule has 1 N–H and O–H groups in total. The second-order valence-corrected chi connectivity index (χ2v) is 5.28. The van der Waals surface area contributed by atoms with Crippen molar-refractivity contribution in [1.29, 1.82) is 0 Å². The second-order valence-electron chi connectivity index (χ2n) is 5.28. The first-order valence-electron chi connectivity index (χ1n) is 7.31. The van der Waals surface area contributed by atoms with Crippen LogP contribution in [0.1, 0.15) is 44.6 Å². The lowest BCUT2D eigenvalue weighted by molar-refractivity contribution is 0.252. The summed E-state index contributed by atoms with van der Waals surface area (Å²) >= 11 is 0. The Bertz CT molecular complexity index is 327. The van der Waals surface area contributed by atoms with E-state index in [1.54, 1.807) is 0 Å². The number of hydrogen-bond donors (Lipinski definition) is 1. The minimum absolute atomic E-state index is 0.788. The number of rotatable bonds is 7. The summed E-state index contributed by atoms with van der Waals surface area (Å²) in [5.41, 5.74) is 1.33. The molecule has 0 aliphatic heterocycles. The van der Waals surface area contributed by atoms with Gasteiger partial charge in [-0.2, -0.15) is 0 Å². The fourth-order valence-electron chi connectivity index (χ4n) is 2.50. The Labute approximate surface area is 111 Å². The average molecular weight is 247 g/mol. The number of hydrogen-bond acceptors (Lipinski definition) is 2. The van der Waals surface area contributed by atoms with Crippen molar-refractivity contribution in [3.05, 3.63) is 29.8 Å². The van der Waals surface area contributed by atoms with Crippen LogP contribution in [0.4, 0.5) is 0 Å². The predicted octanol–water partition coefficient (Wildman–Crippen LogP) is 3.76. The SMILES string of the molecule is CCCNCc1ccc(OCC2CCCC2)cc1. The van der Waals surface area contributed by atoms with Crippen LogP contribution in [0.5, 0.6) is 5.75 Å². The van der Waals surface area contributed by atoms with Crippen LogP contribution in [0.3, 0.4) is 0 Å². The minimum Gasteiger partial charge on any atom is -0.493 e. The van der Waals surface area contributed by atoms with Gasteiger partial charge >= 0.3 is 0 Å². The molecule has 2 nitrogen and oxygen atoms in total. The maximum absolute atomic E-state index is 5.85.